The van der Waals surface area contributed by atoms with Crippen molar-refractivity contribution in [1.82, 2.24) is 10.1 Å². The summed E-state index contributed by atoms with van der Waals surface area (Å²) in [6.07, 6.45) is 0.441. The molecule has 0 unspecified atom stereocenters. The molecule has 0 aliphatic rings. The summed E-state index contributed by atoms with van der Waals surface area (Å²) >= 11 is 1.54. The number of hydrogen-bond donors (Lipinski definition) is 1. The van der Waals surface area contributed by atoms with Gasteiger partial charge in [-0.25, -0.2) is 4.39 Å². The van der Waals surface area contributed by atoms with Crippen molar-refractivity contribution in [2.45, 2.75) is 12.8 Å². The summed E-state index contributed by atoms with van der Waals surface area (Å²) < 4.78 is 18.5. The summed E-state index contributed by atoms with van der Waals surface area (Å²) in [7, 11) is 0. The highest BCUT2D eigenvalue weighted by atomic mass is 32.1. The molecule has 7 heteroatoms. The third-order valence-corrected chi connectivity index (χ3v) is 3.64. The maximum Gasteiger partial charge on any atom is 0.227 e. The number of nitrogens with zero attached hydrogens (tertiary/aromatic N) is 2. The van der Waals surface area contributed by atoms with Gasteiger partial charge in [-0.3, -0.25) is 4.79 Å². The number of aryl methyl sites for hydroxylation is 1. The Kier molecular flexibility index (Phi) is 4.24. The van der Waals surface area contributed by atoms with Crippen LogP contribution in [0, 0.1) is 5.82 Å². The van der Waals surface area contributed by atoms with Crippen molar-refractivity contribution in [1.29, 1.82) is 0 Å². The lowest BCUT2D eigenvalue weighted by molar-refractivity contribution is -0.116. The molecule has 0 saturated heterocycles. The molecule has 3 rings (SSSR count). The standard InChI is InChI=1S/C15H12FN3O2S/c16-11-3-1-2-4-12(11)17-13(20)5-6-14-18-15(19-21-14)10-7-8-22-9-10/h1-4,7-9H,5-6H2,(H,17,20). The molecule has 2 heterocycles. The summed E-state index contributed by atoms with van der Waals surface area (Å²) in [5, 5.41) is 10.2. The first-order valence-corrected chi connectivity index (χ1v) is 7.56. The minimum atomic E-state index is -0.464. The number of aromatic nitrogens is 2. The van der Waals surface area contributed by atoms with Crippen molar-refractivity contribution in [2.24, 2.45) is 0 Å². The molecule has 5 nitrogen and oxygen atoms in total. The zero-order chi connectivity index (χ0) is 15.4. The highest BCUT2D eigenvalue weighted by Gasteiger charge is 2.12. The van der Waals surface area contributed by atoms with Gasteiger partial charge in [-0.05, 0) is 23.6 Å². The van der Waals surface area contributed by atoms with Crippen LogP contribution in [0.3, 0.4) is 0 Å². The second-order valence-corrected chi connectivity index (χ2v) is 5.33. The summed E-state index contributed by atoms with van der Waals surface area (Å²) in [5.41, 5.74) is 1.05. The van der Waals surface area contributed by atoms with E-state index in [0.29, 0.717) is 18.1 Å². The molecule has 1 aromatic carbocycles. The first kappa shape index (κ1) is 14.4. The Bertz CT molecular complexity index is 771. The van der Waals surface area contributed by atoms with Crippen molar-refractivity contribution < 1.29 is 13.7 Å². The van der Waals surface area contributed by atoms with Crippen LogP contribution in [0.15, 0.2) is 45.6 Å². The van der Waals surface area contributed by atoms with Gasteiger partial charge in [-0.1, -0.05) is 17.3 Å². The van der Waals surface area contributed by atoms with Crippen LogP contribution in [-0.2, 0) is 11.2 Å². The molecule has 0 saturated carbocycles. The largest absolute Gasteiger partial charge is 0.339 e. The van der Waals surface area contributed by atoms with Gasteiger partial charge in [0.1, 0.15) is 5.82 Å². The second-order valence-electron chi connectivity index (χ2n) is 4.55. The van der Waals surface area contributed by atoms with E-state index in [0.717, 1.165) is 5.56 Å². The van der Waals surface area contributed by atoms with Gasteiger partial charge >= 0.3 is 0 Å². The molecular formula is C15H12FN3O2S. The van der Waals surface area contributed by atoms with Gasteiger partial charge in [0.2, 0.25) is 17.6 Å². The van der Waals surface area contributed by atoms with Crippen molar-refractivity contribution >= 4 is 22.9 Å². The average Bonchev–Trinajstić information content (AvgIpc) is 3.18. The van der Waals surface area contributed by atoms with Gasteiger partial charge in [0.25, 0.3) is 0 Å². The maximum absolute atomic E-state index is 13.4. The lowest BCUT2D eigenvalue weighted by Crippen LogP contribution is -2.13. The second kappa shape index (κ2) is 6.48. The first-order valence-electron chi connectivity index (χ1n) is 6.62. The Balaban J connectivity index is 1.56. The molecule has 1 N–H and O–H groups in total. The van der Waals surface area contributed by atoms with Crippen LogP contribution in [0.5, 0.6) is 0 Å². The molecule has 0 aliphatic carbocycles. The summed E-state index contributed by atoms with van der Waals surface area (Å²) in [5.74, 6) is 0.115. The number of para-hydroxylation sites is 1. The van der Waals surface area contributed by atoms with Gasteiger partial charge in [0.15, 0.2) is 0 Å². The van der Waals surface area contributed by atoms with E-state index in [1.807, 2.05) is 16.8 Å². The summed E-state index contributed by atoms with van der Waals surface area (Å²) in [4.78, 5) is 16.0. The van der Waals surface area contributed by atoms with Gasteiger partial charge in [-0.2, -0.15) is 16.3 Å². The van der Waals surface area contributed by atoms with Crippen molar-refractivity contribution in [3.63, 3.8) is 0 Å². The fourth-order valence-electron chi connectivity index (χ4n) is 1.86. The van der Waals surface area contributed by atoms with E-state index in [9.17, 15) is 9.18 Å². The van der Waals surface area contributed by atoms with E-state index in [1.54, 1.807) is 23.5 Å². The van der Waals surface area contributed by atoms with Crippen molar-refractivity contribution in [2.75, 3.05) is 5.32 Å². The number of hydrogen-bond acceptors (Lipinski definition) is 5. The molecule has 0 atom stereocenters. The minimum absolute atomic E-state index is 0.138. The SMILES string of the molecule is O=C(CCc1nc(-c2ccsc2)no1)Nc1ccccc1F. The van der Waals surface area contributed by atoms with E-state index in [1.165, 1.54) is 12.1 Å². The topological polar surface area (TPSA) is 68.0 Å². The fourth-order valence-corrected chi connectivity index (χ4v) is 2.50. The molecule has 0 aliphatic heterocycles. The zero-order valence-corrected chi connectivity index (χ0v) is 12.3. The zero-order valence-electron chi connectivity index (χ0n) is 11.5. The quantitative estimate of drug-likeness (QED) is 0.782. The third kappa shape index (κ3) is 3.37. The molecule has 0 spiro atoms. The van der Waals surface area contributed by atoms with Gasteiger partial charge in [0, 0.05) is 23.8 Å². The van der Waals surface area contributed by atoms with E-state index >= 15 is 0 Å². The highest BCUT2D eigenvalue weighted by molar-refractivity contribution is 7.08. The predicted molar refractivity (Wildman–Crippen MR) is 81.0 cm³/mol. The Labute approximate surface area is 129 Å². The van der Waals surface area contributed by atoms with Crippen molar-refractivity contribution in [3.8, 4) is 11.4 Å². The normalized spacial score (nSPS) is 10.6. The smallest absolute Gasteiger partial charge is 0.227 e. The number of carbonyl (C=O) groups is 1. The van der Waals surface area contributed by atoms with Gasteiger partial charge in [0.05, 0.1) is 5.69 Å². The van der Waals surface area contributed by atoms with Gasteiger partial charge in [-0.15, -0.1) is 0 Å². The summed E-state index contributed by atoms with van der Waals surface area (Å²) in [6, 6.07) is 7.92. The van der Waals surface area contributed by atoms with Crippen LogP contribution < -0.4 is 5.32 Å². The van der Waals surface area contributed by atoms with Crippen LogP contribution in [0.25, 0.3) is 11.4 Å². The number of halogens is 1. The molecule has 112 valence electrons. The Morgan fingerprint density at radius 1 is 1.32 bits per heavy atom. The molecule has 2 aromatic heterocycles. The Hall–Kier alpha value is -2.54. The maximum atomic E-state index is 13.4. The minimum Gasteiger partial charge on any atom is -0.339 e. The number of rotatable bonds is 5. The number of nitrogens with one attached hydrogen (secondary N) is 1. The molecular weight excluding hydrogens is 305 g/mol. The van der Waals surface area contributed by atoms with Crippen LogP contribution in [0.4, 0.5) is 10.1 Å². The molecule has 3 aromatic rings. The Morgan fingerprint density at radius 3 is 2.95 bits per heavy atom. The van der Waals surface area contributed by atoms with Crippen molar-refractivity contribution in [3.05, 3.63) is 52.8 Å². The van der Waals surface area contributed by atoms with Crippen LogP contribution >= 0.6 is 11.3 Å². The lowest BCUT2D eigenvalue weighted by atomic mass is 10.2. The number of anilines is 1. The average molecular weight is 317 g/mol. The van der Waals surface area contributed by atoms with E-state index in [2.05, 4.69) is 15.5 Å². The third-order valence-electron chi connectivity index (χ3n) is 2.96. The number of carbonyl (C=O) groups excluding carboxylic acids is 1. The molecule has 0 fully saturated rings. The number of benzene rings is 1. The highest BCUT2D eigenvalue weighted by Crippen LogP contribution is 2.19. The first-order chi connectivity index (χ1) is 10.7. The fraction of sp³-hybridized carbons (Fsp3) is 0.133. The van der Waals surface area contributed by atoms with Crippen LogP contribution in [-0.4, -0.2) is 16.0 Å². The Morgan fingerprint density at radius 2 is 2.18 bits per heavy atom. The number of thiophene rings is 1. The van der Waals surface area contributed by atoms with E-state index in [4.69, 9.17) is 4.52 Å². The predicted octanol–water partition coefficient (Wildman–Crippen LogP) is 3.51. The summed E-state index contributed by atoms with van der Waals surface area (Å²) in [6.45, 7) is 0. The monoisotopic (exact) mass is 317 g/mol. The van der Waals surface area contributed by atoms with Gasteiger partial charge < -0.3 is 9.84 Å². The van der Waals surface area contributed by atoms with Crippen LogP contribution in [0.2, 0.25) is 0 Å². The molecule has 0 radical (unpaired) electrons. The molecule has 1 amide bonds. The van der Waals surface area contributed by atoms with E-state index in [-0.39, 0.29) is 18.0 Å². The van der Waals surface area contributed by atoms with E-state index < -0.39 is 5.82 Å². The molecule has 0 bridgehead atoms. The molecule has 22 heavy (non-hydrogen) atoms. The lowest BCUT2D eigenvalue weighted by Gasteiger charge is -2.04. The number of amides is 1. The van der Waals surface area contributed by atoms with Crippen LogP contribution in [0.1, 0.15) is 12.3 Å².